The molecule has 0 amide bonds. The third kappa shape index (κ3) is 2.66. The highest BCUT2D eigenvalue weighted by atomic mass is 127. The van der Waals surface area contributed by atoms with Gasteiger partial charge in [-0.25, -0.2) is 0 Å². The quantitative estimate of drug-likeness (QED) is 0.272. The van der Waals surface area contributed by atoms with Crippen molar-refractivity contribution < 1.29 is 0 Å². The maximum atomic E-state index is 8.25. The van der Waals surface area contributed by atoms with Crippen LogP contribution in [0.1, 0.15) is 6.42 Å². The smallest absolute Gasteiger partial charge is 0.0713 e. The Morgan fingerprint density at radius 3 is 2.82 bits per heavy atom. The molecule has 1 rings (SSSR count). The first-order chi connectivity index (χ1) is 4.83. The lowest BCUT2D eigenvalue weighted by molar-refractivity contribution is 0.534. The topological polar surface area (TPSA) is 60.8 Å². The summed E-state index contributed by atoms with van der Waals surface area (Å²) in [5.41, 5.74) is 8.12. The molecule has 6 heteroatoms. The van der Waals surface area contributed by atoms with Crippen molar-refractivity contribution >= 4 is 35.0 Å². The minimum absolute atomic E-state index is 0. The van der Waals surface area contributed by atoms with Crippen molar-refractivity contribution in [1.82, 2.24) is 5.32 Å². The van der Waals surface area contributed by atoms with Crippen LogP contribution < -0.4 is 5.32 Å². The molecule has 0 radical (unpaired) electrons. The molecule has 1 unspecified atom stereocenters. The van der Waals surface area contributed by atoms with Gasteiger partial charge in [0.05, 0.1) is 5.54 Å². The van der Waals surface area contributed by atoms with Gasteiger partial charge in [0.2, 0.25) is 0 Å². The summed E-state index contributed by atoms with van der Waals surface area (Å²) < 4.78 is 0.905. The molecular formula is C5H10ClIN4. The molecule has 1 heterocycles. The fourth-order valence-electron chi connectivity index (χ4n) is 1.05. The molecule has 1 fully saturated rings. The molecule has 0 aliphatic carbocycles. The second-order valence-electron chi connectivity index (χ2n) is 2.47. The van der Waals surface area contributed by atoms with E-state index in [1.54, 1.807) is 0 Å². The number of nitrogens with one attached hydrogen (secondary N) is 1. The lowest BCUT2D eigenvalue weighted by Gasteiger charge is -2.16. The van der Waals surface area contributed by atoms with Crippen LogP contribution in [0.5, 0.6) is 0 Å². The molecule has 1 aliphatic heterocycles. The van der Waals surface area contributed by atoms with E-state index in [-0.39, 0.29) is 17.9 Å². The highest BCUT2D eigenvalue weighted by molar-refractivity contribution is 14.1. The molecule has 0 aromatic heterocycles. The molecular weight excluding hydrogens is 278 g/mol. The Kier molecular flexibility index (Phi) is 5.16. The van der Waals surface area contributed by atoms with Crippen LogP contribution in [0.4, 0.5) is 0 Å². The zero-order valence-corrected chi connectivity index (χ0v) is 8.93. The van der Waals surface area contributed by atoms with Gasteiger partial charge in [-0.3, -0.25) is 0 Å². The lowest BCUT2D eigenvalue weighted by atomic mass is 10.0. The maximum absolute atomic E-state index is 8.25. The van der Waals surface area contributed by atoms with E-state index in [4.69, 9.17) is 5.53 Å². The molecule has 1 aliphatic rings. The van der Waals surface area contributed by atoms with E-state index >= 15 is 0 Å². The van der Waals surface area contributed by atoms with Crippen molar-refractivity contribution in [2.24, 2.45) is 5.11 Å². The first kappa shape index (κ1) is 11.3. The van der Waals surface area contributed by atoms with Crippen LogP contribution in [0.15, 0.2) is 5.11 Å². The largest absolute Gasteiger partial charge is 0.316 e. The van der Waals surface area contributed by atoms with E-state index in [2.05, 4.69) is 37.9 Å². The summed E-state index contributed by atoms with van der Waals surface area (Å²) in [6, 6.07) is 0. The van der Waals surface area contributed by atoms with Crippen LogP contribution in [0.2, 0.25) is 0 Å². The van der Waals surface area contributed by atoms with Crippen LogP contribution in [0, 0.1) is 0 Å². The third-order valence-corrected chi connectivity index (χ3v) is 3.15. The first-order valence-electron chi connectivity index (χ1n) is 3.16. The normalized spacial score (nSPS) is 28.8. The number of rotatable bonds is 2. The molecule has 0 aromatic rings. The lowest BCUT2D eigenvalue weighted by Crippen LogP contribution is -2.30. The Morgan fingerprint density at radius 2 is 2.45 bits per heavy atom. The summed E-state index contributed by atoms with van der Waals surface area (Å²) >= 11 is 2.26. The standard InChI is InChI=1S/C5H9IN4.ClH/c6-3-5(9-10-7)1-2-8-4-5;/h8H,1-4H2;1H. The molecule has 0 bridgehead atoms. The van der Waals surface area contributed by atoms with Crippen LogP contribution >= 0.6 is 35.0 Å². The van der Waals surface area contributed by atoms with Crippen molar-refractivity contribution in [3.05, 3.63) is 10.4 Å². The minimum Gasteiger partial charge on any atom is -0.316 e. The Morgan fingerprint density at radius 1 is 1.73 bits per heavy atom. The van der Waals surface area contributed by atoms with Crippen molar-refractivity contribution in [1.29, 1.82) is 0 Å². The molecule has 64 valence electrons. The zero-order valence-electron chi connectivity index (χ0n) is 5.96. The number of hydrogen-bond acceptors (Lipinski definition) is 2. The van der Waals surface area contributed by atoms with E-state index in [0.717, 1.165) is 23.9 Å². The average Bonchev–Trinajstić information content (AvgIpc) is 2.39. The molecule has 4 nitrogen and oxygen atoms in total. The van der Waals surface area contributed by atoms with Gasteiger partial charge in [-0.1, -0.05) is 27.7 Å². The SMILES string of the molecule is Cl.[N-]=[N+]=NC1(CI)CCNC1. The summed E-state index contributed by atoms with van der Waals surface area (Å²) in [4.78, 5) is 2.84. The molecule has 0 saturated carbocycles. The monoisotopic (exact) mass is 288 g/mol. The van der Waals surface area contributed by atoms with Gasteiger partial charge < -0.3 is 5.32 Å². The zero-order chi connectivity index (χ0) is 7.45. The Bertz CT molecular complexity index is 162. The van der Waals surface area contributed by atoms with Gasteiger partial charge in [-0.15, -0.1) is 12.4 Å². The Labute approximate surface area is 85.3 Å². The highest BCUT2D eigenvalue weighted by Crippen LogP contribution is 2.22. The Balaban J connectivity index is 0.000001000. The predicted octanol–water partition coefficient (Wildman–Crippen LogP) is 1.89. The summed E-state index contributed by atoms with van der Waals surface area (Å²) in [6.45, 7) is 1.81. The summed E-state index contributed by atoms with van der Waals surface area (Å²) in [5.74, 6) is 0. The Hall–Kier alpha value is 0.290. The number of hydrogen-bond donors (Lipinski definition) is 1. The highest BCUT2D eigenvalue weighted by Gasteiger charge is 2.31. The van der Waals surface area contributed by atoms with Crippen molar-refractivity contribution in [2.45, 2.75) is 12.0 Å². The van der Waals surface area contributed by atoms with E-state index < -0.39 is 0 Å². The minimum atomic E-state index is -0.130. The fraction of sp³-hybridized carbons (Fsp3) is 1.00. The van der Waals surface area contributed by atoms with E-state index in [9.17, 15) is 0 Å². The van der Waals surface area contributed by atoms with Gasteiger partial charge in [-0.05, 0) is 18.5 Å². The van der Waals surface area contributed by atoms with Crippen LogP contribution in [-0.4, -0.2) is 23.1 Å². The molecule has 11 heavy (non-hydrogen) atoms. The van der Waals surface area contributed by atoms with Gasteiger partial charge in [0.25, 0.3) is 0 Å². The summed E-state index contributed by atoms with van der Waals surface area (Å²) in [7, 11) is 0. The molecule has 0 spiro atoms. The molecule has 1 N–H and O–H groups in total. The van der Waals surface area contributed by atoms with E-state index in [1.807, 2.05) is 0 Å². The second-order valence-corrected chi connectivity index (χ2v) is 3.24. The van der Waals surface area contributed by atoms with Crippen LogP contribution in [-0.2, 0) is 0 Å². The second kappa shape index (κ2) is 5.03. The molecule has 1 saturated heterocycles. The van der Waals surface area contributed by atoms with E-state index in [0.29, 0.717) is 0 Å². The maximum Gasteiger partial charge on any atom is 0.0713 e. The van der Waals surface area contributed by atoms with Gasteiger partial charge in [0.15, 0.2) is 0 Å². The van der Waals surface area contributed by atoms with Crippen LogP contribution in [0.3, 0.4) is 0 Å². The van der Waals surface area contributed by atoms with Crippen molar-refractivity contribution in [3.63, 3.8) is 0 Å². The van der Waals surface area contributed by atoms with Crippen LogP contribution in [0.25, 0.3) is 10.4 Å². The number of alkyl halides is 1. The molecule has 1 atom stereocenters. The fourth-order valence-corrected chi connectivity index (χ4v) is 1.86. The predicted molar refractivity (Wildman–Crippen MR) is 55.5 cm³/mol. The number of nitrogens with zero attached hydrogens (tertiary/aromatic N) is 3. The van der Waals surface area contributed by atoms with Crippen molar-refractivity contribution in [3.8, 4) is 0 Å². The summed E-state index contributed by atoms with van der Waals surface area (Å²) in [5, 5.41) is 6.96. The van der Waals surface area contributed by atoms with Crippen molar-refractivity contribution in [2.75, 3.05) is 17.5 Å². The van der Waals surface area contributed by atoms with Gasteiger partial charge in [0, 0.05) is 15.9 Å². The third-order valence-electron chi connectivity index (χ3n) is 1.73. The average molecular weight is 289 g/mol. The number of halogens is 2. The van der Waals surface area contributed by atoms with Gasteiger partial charge >= 0.3 is 0 Å². The first-order valence-corrected chi connectivity index (χ1v) is 4.68. The molecule has 0 aromatic carbocycles. The number of azide groups is 1. The van der Waals surface area contributed by atoms with Gasteiger partial charge in [-0.2, -0.15) is 0 Å². The van der Waals surface area contributed by atoms with Gasteiger partial charge in [0.1, 0.15) is 0 Å². The summed E-state index contributed by atoms with van der Waals surface area (Å²) in [6.07, 6.45) is 0.972. The van der Waals surface area contributed by atoms with E-state index in [1.165, 1.54) is 0 Å².